The second-order valence-electron chi connectivity index (χ2n) is 7.15. The lowest BCUT2D eigenvalue weighted by Crippen LogP contribution is -2.69. The third-order valence-electron chi connectivity index (χ3n) is 5.60. The summed E-state index contributed by atoms with van der Waals surface area (Å²) < 4.78 is 1.76. The number of piperidine rings is 3. The lowest BCUT2D eigenvalue weighted by Gasteiger charge is -2.56. The van der Waals surface area contributed by atoms with Crippen LogP contribution in [0.25, 0.3) is 5.52 Å². The quantitative estimate of drug-likeness (QED) is 0.919. The molecule has 0 aromatic carbocycles. The summed E-state index contributed by atoms with van der Waals surface area (Å²) in [5, 5.41) is 3.84. The molecule has 6 heteroatoms. The van der Waals surface area contributed by atoms with Gasteiger partial charge in [-0.3, -0.25) is 14.1 Å². The van der Waals surface area contributed by atoms with E-state index in [0.29, 0.717) is 16.8 Å². The Balaban J connectivity index is 1.59. The molecule has 0 radical (unpaired) electrons. The van der Waals surface area contributed by atoms with Crippen LogP contribution in [0, 0.1) is 5.92 Å². The van der Waals surface area contributed by atoms with Gasteiger partial charge in [-0.1, -0.05) is 11.6 Å². The highest BCUT2D eigenvalue weighted by Crippen LogP contribution is 2.39. The van der Waals surface area contributed by atoms with Crippen LogP contribution in [0.4, 0.5) is 0 Å². The van der Waals surface area contributed by atoms with Gasteiger partial charge >= 0.3 is 0 Å². The minimum atomic E-state index is -0.100. The van der Waals surface area contributed by atoms with E-state index in [1.165, 1.54) is 0 Å². The minimum absolute atomic E-state index is 0.000701. The molecule has 1 atom stereocenters. The van der Waals surface area contributed by atoms with Gasteiger partial charge in [0.15, 0.2) is 0 Å². The number of fused-ring (bicyclic) bond motifs is 4. The summed E-state index contributed by atoms with van der Waals surface area (Å²) in [6.45, 7) is 6.73. The molecular weight excluding hydrogens is 312 g/mol. The van der Waals surface area contributed by atoms with Gasteiger partial charge in [0, 0.05) is 11.6 Å². The zero-order valence-corrected chi connectivity index (χ0v) is 14.2. The maximum Gasteiger partial charge on any atom is 0.270 e. The Hall–Kier alpha value is -1.59. The molecule has 0 unspecified atom stereocenters. The van der Waals surface area contributed by atoms with Crippen LogP contribution in [-0.2, 0) is 0 Å². The molecule has 0 aliphatic carbocycles. The van der Waals surface area contributed by atoms with Crippen molar-refractivity contribution >= 4 is 23.0 Å². The predicted octanol–water partition coefficient (Wildman–Crippen LogP) is 2.59. The number of hydrogen-bond acceptors (Lipinski definition) is 3. The minimum Gasteiger partial charge on any atom is -0.346 e. The Labute approximate surface area is 140 Å². The molecule has 1 amide bonds. The van der Waals surface area contributed by atoms with E-state index in [9.17, 15) is 4.79 Å². The monoisotopic (exact) mass is 332 g/mol. The molecule has 0 spiro atoms. The zero-order valence-electron chi connectivity index (χ0n) is 13.4. The van der Waals surface area contributed by atoms with Crippen molar-refractivity contribution in [1.82, 2.24) is 19.6 Å². The summed E-state index contributed by atoms with van der Waals surface area (Å²) in [6.07, 6.45) is 3.93. The van der Waals surface area contributed by atoms with Crippen molar-refractivity contribution in [2.24, 2.45) is 5.92 Å². The van der Waals surface area contributed by atoms with Gasteiger partial charge in [0.1, 0.15) is 17.2 Å². The third kappa shape index (κ3) is 2.34. The average molecular weight is 333 g/mol. The fourth-order valence-corrected chi connectivity index (χ4v) is 4.40. The van der Waals surface area contributed by atoms with E-state index in [2.05, 4.69) is 29.0 Å². The van der Waals surface area contributed by atoms with E-state index in [1.54, 1.807) is 22.9 Å². The summed E-state index contributed by atoms with van der Waals surface area (Å²) in [4.78, 5) is 19.4. The van der Waals surface area contributed by atoms with Crippen LogP contribution in [0.1, 0.15) is 37.2 Å². The maximum absolute atomic E-state index is 12.7. The number of hydrogen-bond donors (Lipinski definition) is 1. The first-order valence-electron chi connectivity index (χ1n) is 8.15. The second-order valence-corrected chi connectivity index (χ2v) is 7.54. The van der Waals surface area contributed by atoms with Crippen molar-refractivity contribution in [3.63, 3.8) is 0 Å². The number of amides is 1. The van der Waals surface area contributed by atoms with Gasteiger partial charge in [-0.2, -0.15) is 0 Å². The Bertz CT molecular complexity index is 761. The summed E-state index contributed by atoms with van der Waals surface area (Å²) in [5.41, 5.74) is 1.32. The topological polar surface area (TPSA) is 49.6 Å². The largest absolute Gasteiger partial charge is 0.346 e. The van der Waals surface area contributed by atoms with Crippen molar-refractivity contribution in [1.29, 1.82) is 0 Å². The molecular formula is C17H21ClN4O. The Morgan fingerprint density at radius 1 is 1.35 bits per heavy atom. The smallest absolute Gasteiger partial charge is 0.270 e. The number of nitrogens with zero attached hydrogens (tertiary/aromatic N) is 3. The molecule has 23 heavy (non-hydrogen) atoms. The molecule has 5 nitrogen and oxygen atoms in total. The van der Waals surface area contributed by atoms with Gasteiger partial charge < -0.3 is 5.32 Å². The number of carbonyl (C=O) groups is 1. The second kappa shape index (κ2) is 5.21. The van der Waals surface area contributed by atoms with Crippen molar-refractivity contribution < 1.29 is 4.79 Å². The van der Waals surface area contributed by atoms with Crippen molar-refractivity contribution in [3.8, 4) is 0 Å². The van der Waals surface area contributed by atoms with Gasteiger partial charge in [0.2, 0.25) is 0 Å². The number of rotatable bonds is 2. The van der Waals surface area contributed by atoms with Crippen LogP contribution in [-0.4, -0.2) is 44.9 Å². The molecule has 2 bridgehead atoms. The Kier molecular flexibility index (Phi) is 3.39. The number of carbonyl (C=O) groups excluding carboxylic acids is 1. The summed E-state index contributed by atoms with van der Waals surface area (Å²) in [7, 11) is 0. The van der Waals surface area contributed by atoms with Crippen molar-refractivity contribution in [3.05, 3.63) is 35.4 Å². The first-order valence-corrected chi connectivity index (χ1v) is 8.53. The van der Waals surface area contributed by atoms with Crippen LogP contribution in [0.15, 0.2) is 24.5 Å². The number of halogens is 1. The van der Waals surface area contributed by atoms with E-state index in [4.69, 9.17) is 11.6 Å². The lowest BCUT2D eigenvalue weighted by molar-refractivity contribution is -0.0378. The van der Waals surface area contributed by atoms with E-state index < -0.39 is 0 Å². The summed E-state index contributed by atoms with van der Waals surface area (Å²) in [6, 6.07) is 5.65. The summed E-state index contributed by atoms with van der Waals surface area (Å²) >= 11 is 6.06. The highest BCUT2D eigenvalue weighted by molar-refractivity contribution is 6.30. The molecule has 5 heterocycles. The van der Waals surface area contributed by atoms with Gasteiger partial charge in [-0.15, -0.1) is 0 Å². The van der Waals surface area contributed by atoms with Gasteiger partial charge in [-0.05, 0) is 63.9 Å². The fraction of sp³-hybridized carbons (Fsp3) is 0.529. The number of nitrogens with one attached hydrogen (secondary N) is 1. The molecule has 5 rings (SSSR count). The van der Waals surface area contributed by atoms with Gasteiger partial charge in [0.25, 0.3) is 5.91 Å². The Morgan fingerprint density at radius 2 is 2.09 bits per heavy atom. The Morgan fingerprint density at radius 3 is 2.78 bits per heavy atom. The van der Waals surface area contributed by atoms with E-state index in [1.807, 2.05) is 6.07 Å². The average Bonchev–Trinajstić information content (AvgIpc) is 2.92. The molecule has 2 aromatic heterocycles. The van der Waals surface area contributed by atoms with E-state index in [0.717, 1.165) is 31.4 Å². The van der Waals surface area contributed by atoms with Crippen LogP contribution < -0.4 is 5.32 Å². The maximum atomic E-state index is 12.7. The molecule has 1 N–H and O–H groups in total. The molecule has 3 saturated heterocycles. The van der Waals surface area contributed by atoms with E-state index in [-0.39, 0.29) is 17.5 Å². The molecule has 3 aliphatic rings. The van der Waals surface area contributed by atoms with Crippen LogP contribution in [0.2, 0.25) is 5.15 Å². The molecule has 2 aromatic rings. The summed E-state index contributed by atoms with van der Waals surface area (Å²) in [5.74, 6) is 0.460. The highest BCUT2D eigenvalue weighted by Gasteiger charge is 2.48. The lowest BCUT2D eigenvalue weighted by atomic mass is 9.72. The molecule has 3 aliphatic heterocycles. The first kappa shape index (κ1) is 15.0. The van der Waals surface area contributed by atoms with Crippen molar-refractivity contribution in [2.45, 2.75) is 38.3 Å². The van der Waals surface area contributed by atoms with Crippen LogP contribution in [0.3, 0.4) is 0 Å². The fourth-order valence-electron chi connectivity index (χ4n) is 4.19. The van der Waals surface area contributed by atoms with Crippen LogP contribution in [0.5, 0.6) is 0 Å². The standard InChI is InChI=1S/C17H21ClN4O/c1-17(2)15(11-5-7-21(17)8-6-11)20-16(23)13-9-12-3-4-14(18)22(12)10-19-13/h3-4,9-11,15H,5-8H2,1-2H3,(H,20,23)/t15-/m1/s1. The first-order chi connectivity index (χ1) is 11.0. The van der Waals surface area contributed by atoms with E-state index >= 15 is 0 Å². The normalized spacial score (nSPS) is 28.9. The molecule has 0 saturated carbocycles. The molecule has 3 fully saturated rings. The SMILES string of the molecule is CC1(C)[C@H](NC(=O)c2cc3ccc(Cl)n3cn2)C2CCN1CC2. The zero-order chi connectivity index (χ0) is 16.2. The highest BCUT2D eigenvalue weighted by atomic mass is 35.5. The van der Waals surface area contributed by atoms with Gasteiger partial charge in [-0.25, -0.2) is 4.98 Å². The molecule has 122 valence electrons. The van der Waals surface area contributed by atoms with Crippen LogP contribution >= 0.6 is 11.6 Å². The van der Waals surface area contributed by atoms with Crippen molar-refractivity contribution in [2.75, 3.05) is 13.1 Å². The number of aromatic nitrogens is 2. The predicted molar refractivity (Wildman–Crippen MR) is 89.8 cm³/mol. The third-order valence-corrected chi connectivity index (χ3v) is 5.91. The van der Waals surface area contributed by atoms with Gasteiger partial charge in [0.05, 0.1) is 5.52 Å².